The summed E-state index contributed by atoms with van der Waals surface area (Å²) < 4.78 is 19.7. The van der Waals surface area contributed by atoms with Gasteiger partial charge in [-0.3, -0.25) is 14.6 Å². The van der Waals surface area contributed by atoms with Crippen LogP contribution in [0.5, 0.6) is 11.6 Å². The summed E-state index contributed by atoms with van der Waals surface area (Å²) in [6.45, 7) is 0.394. The maximum absolute atomic E-state index is 13.9. The summed E-state index contributed by atoms with van der Waals surface area (Å²) in [7, 11) is 0. The number of amides is 2. The zero-order chi connectivity index (χ0) is 24.6. The third-order valence-electron chi connectivity index (χ3n) is 5.92. The number of carbonyl (C=O) groups excluding carboxylic acids is 2. The zero-order valence-electron chi connectivity index (χ0n) is 19.4. The Kier molecular flexibility index (Phi) is 8.31. The first kappa shape index (κ1) is 24.7. The molecule has 0 bridgehead atoms. The van der Waals surface area contributed by atoms with Gasteiger partial charge in [0.1, 0.15) is 17.1 Å². The minimum absolute atomic E-state index is 0.00193. The molecule has 9 heteroatoms. The maximum Gasteiger partial charge on any atom is 0.257 e. The predicted molar refractivity (Wildman–Crippen MR) is 132 cm³/mol. The number of hydrogen-bond donors (Lipinski definition) is 2. The van der Waals surface area contributed by atoms with Crippen molar-refractivity contribution in [3.05, 3.63) is 78.0 Å². The lowest BCUT2D eigenvalue weighted by Gasteiger charge is -2.28. The fourth-order valence-electron chi connectivity index (χ4n) is 4.03. The Labute approximate surface area is 207 Å². The number of benzene rings is 1. The van der Waals surface area contributed by atoms with Gasteiger partial charge in [0.2, 0.25) is 11.8 Å². The molecule has 35 heavy (non-hydrogen) atoms. The summed E-state index contributed by atoms with van der Waals surface area (Å²) in [6, 6.07) is 14.0. The highest BCUT2D eigenvalue weighted by Crippen LogP contribution is 2.28. The molecule has 1 aliphatic carbocycles. The van der Waals surface area contributed by atoms with Crippen LogP contribution in [0.4, 0.5) is 4.39 Å². The fourth-order valence-corrected chi connectivity index (χ4v) is 4.48. The van der Waals surface area contributed by atoms with Crippen molar-refractivity contribution in [2.75, 3.05) is 6.26 Å². The largest absolute Gasteiger partial charge is 0.438 e. The van der Waals surface area contributed by atoms with Gasteiger partial charge in [0.25, 0.3) is 5.91 Å². The first-order chi connectivity index (χ1) is 17.0. The van der Waals surface area contributed by atoms with E-state index in [1.54, 1.807) is 24.0 Å². The summed E-state index contributed by atoms with van der Waals surface area (Å²) in [5.41, 5.74) is 0.846. The van der Waals surface area contributed by atoms with E-state index in [0.29, 0.717) is 38.0 Å². The Balaban J connectivity index is 1.33. The topological polar surface area (TPSA) is 93.2 Å². The monoisotopic (exact) mass is 494 g/mol. The number of nitrogens with zero attached hydrogens (tertiary/aromatic N) is 2. The van der Waals surface area contributed by atoms with Crippen LogP contribution in [0.1, 0.15) is 41.7 Å². The van der Waals surface area contributed by atoms with E-state index >= 15 is 0 Å². The van der Waals surface area contributed by atoms with Gasteiger partial charge in [0, 0.05) is 23.1 Å². The van der Waals surface area contributed by atoms with Gasteiger partial charge < -0.3 is 15.4 Å². The SMILES string of the molecule is CSc1cccc(Oc2ncc(F)cc2C(=O)NC2CCC(C(=O)NCc3ccccn3)CC2)c1. The molecule has 3 aromatic rings. The average Bonchev–Trinajstić information content (AvgIpc) is 2.89. The lowest BCUT2D eigenvalue weighted by atomic mass is 9.85. The molecule has 2 amide bonds. The summed E-state index contributed by atoms with van der Waals surface area (Å²) in [4.78, 5) is 34.7. The first-order valence-electron chi connectivity index (χ1n) is 11.5. The summed E-state index contributed by atoms with van der Waals surface area (Å²) >= 11 is 1.56. The van der Waals surface area contributed by atoms with E-state index in [-0.39, 0.29) is 29.3 Å². The second kappa shape index (κ2) is 11.8. The first-order valence-corrected chi connectivity index (χ1v) is 12.7. The Bertz CT molecular complexity index is 1170. The van der Waals surface area contributed by atoms with Crippen molar-refractivity contribution in [3.8, 4) is 11.6 Å². The Morgan fingerprint density at radius 2 is 1.91 bits per heavy atom. The van der Waals surface area contributed by atoms with Crippen LogP contribution in [0.15, 0.2) is 65.8 Å². The molecular weight excluding hydrogens is 467 g/mol. The molecule has 2 N–H and O–H groups in total. The number of pyridine rings is 2. The molecule has 0 spiro atoms. The van der Waals surface area contributed by atoms with Gasteiger partial charge in [-0.15, -0.1) is 11.8 Å². The lowest BCUT2D eigenvalue weighted by molar-refractivity contribution is -0.126. The number of aromatic nitrogens is 2. The molecule has 2 heterocycles. The molecule has 0 unspecified atom stereocenters. The van der Waals surface area contributed by atoms with Crippen LogP contribution in [0.2, 0.25) is 0 Å². The van der Waals surface area contributed by atoms with Crippen LogP contribution in [-0.2, 0) is 11.3 Å². The third-order valence-corrected chi connectivity index (χ3v) is 6.65. The van der Waals surface area contributed by atoms with Crippen LogP contribution in [0.3, 0.4) is 0 Å². The summed E-state index contributed by atoms with van der Waals surface area (Å²) in [5, 5.41) is 5.90. The number of nitrogens with one attached hydrogen (secondary N) is 2. The van der Waals surface area contributed by atoms with Gasteiger partial charge in [0.05, 0.1) is 18.4 Å². The minimum atomic E-state index is -0.617. The summed E-state index contributed by atoms with van der Waals surface area (Å²) in [6.07, 6.45) is 7.30. The predicted octanol–water partition coefficient (Wildman–Crippen LogP) is 4.73. The highest BCUT2D eigenvalue weighted by molar-refractivity contribution is 7.98. The van der Waals surface area contributed by atoms with Crippen LogP contribution in [0.25, 0.3) is 0 Å². The molecule has 2 aromatic heterocycles. The maximum atomic E-state index is 13.9. The van der Waals surface area contributed by atoms with E-state index in [2.05, 4.69) is 20.6 Å². The normalized spacial score (nSPS) is 17.4. The Morgan fingerprint density at radius 1 is 1.09 bits per heavy atom. The second-order valence-electron chi connectivity index (χ2n) is 8.35. The molecule has 1 aliphatic rings. The highest BCUT2D eigenvalue weighted by atomic mass is 32.2. The average molecular weight is 495 g/mol. The molecular formula is C26H27FN4O3S. The standard InChI is InChI=1S/C26H27FN4O3S/c1-35-22-7-4-6-21(14-22)34-26-23(13-18(27)15-30-26)25(33)31-19-10-8-17(9-11-19)24(32)29-16-20-5-2-3-12-28-20/h2-7,12-15,17,19H,8-11,16H2,1H3,(H,29,32)(H,31,33). The minimum Gasteiger partial charge on any atom is -0.438 e. The van der Waals surface area contributed by atoms with E-state index < -0.39 is 11.7 Å². The van der Waals surface area contributed by atoms with Gasteiger partial charge in [-0.1, -0.05) is 12.1 Å². The molecule has 1 fully saturated rings. The van der Waals surface area contributed by atoms with Crippen molar-refractivity contribution >= 4 is 23.6 Å². The Morgan fingerprint density at radius 3 is 2.66 bits per heavy atom. The number of rotatable bonds is 8. The van der Waals surface area contributed by atoms with Gasteiger partial charge in [-0.25, -0.2) is 9.37 Å². The fraction of sp³-hybridized carbons (Fsp3) is 0.308. The van der Waals surface area contributed by atoms with Crippen LogP contribution in [-0.4, -0.2) is 34.1 Å². The molecule has 4 rings (SSSR count). The van der Waals surface area contributed by atoms with Gasteiger partial charge in [-0.05, 0) is 68.3 Å². The second-order valence-corrected chi connectivity index (χ2v) is 9.23. The van der Waals surface area contributed by atoms with Gasteiger partial charge in [-0.2, -0.15) is 0 Å². The number of carbonyl (C=O) groups is 2. The van der Waals surface area contributed by atoms with Crippen molar-refractivity contribution < 1.29 is 18.7 Å². The smallest absolute Gasteiger partial charge is 0.257 e. The van der Waals surface area contributed by atoms with Crippen molar-refractivity contribution in [3.63, 3.8) is 0 Å². The number of thioether (sulfide) groups is 1. The zero-order valence-corrected chi connectivity index (χ0v) is 20.2. The number of halogens is 1. The van der Waals surface area contributed by atoms with Gasteiger partial charge in [0.15, 0.2) is 0 Å². The lowest BCUT2D eigenvalue weighted by Crippen LogP contribution is -2.41. The van der Waals surface area contributed by atoms with E-state index in [9.17, 15) is 14.0 Å². The van der Waals surface area contributed by atoms with E-state index in [0.717, 1.165) is 22.9 Å². The van der Waals surface area contributed by atoms with Crippen molar-refractivity contribution in [1.82, 2.24) is 20.6 Å². The van der Waals surface area contributed by atoms with Crippen molar-refractivity contribution in [2.45, 2.75) is 43.2 Å². The molecule has 182 valence electrons. The summed E-state index contributed by atoms with van der Waals surface area (Å²) in [5.74, 6) is -0.611. The van der Waals surface area contributed by atoms with E-state index in [1.165, 1.54) is 0 Å². The van der Waals surface area contributed by atoms with Crippen LogP contribution >= 0.6 is 11.8 Å². The van der Waals surface area contributed by atoms with Crippen LogP contribution < -0.4 is 15.4 Å². The van der Waals surface area contributed by atoms with Crippen molar-refractivity contribution in [2.24, 2.45) is 5.92 Å². The molecule has 0 radical (unpaired) electrons. The molecule has 7 nitrogen and oxygen atoms in total. The molecule has 1 saturated carbocycles. The number of hydrogen-bond acceptors (Lipinski definition) is 6. The van der Waals surface area contributed by atoms with E-state index in [4.69, 9.17) is 4.74 Å². The van der Waals surface area contributed by atoms with Crippen molar-refractivity contribution in [1.29, 1.82) is 0 Å². The quantitative estimate of drug-likeness (QED) is 0.440. The van der Waals surface area contributed by atoms with Gasteiger partial charge >= 0.3 is 0 Å². The molecule has 0 saturated heterocycles. The number of ether oxygens (including phenoxy) is 1. The van der Waals surface area contributed by atoms with Crippen LogP contribution in [0, 0.1) is 11.7 Å². The highest BCUT2D eigenvalue weighted by Gasteiger charge is 2.28. The third kappa shape index (κ3) is 6.79. The molecule has 0 atom stereocenters. The Hall–Kier alpha value is -3.46. The molecule has 0 aliphatic heterocycles. The van der Waals surface area contributed by atoms with E-state index in [1.807, 2.05) is 42.7 Å². The molecule has 1 aromatic carbocycles.